The zero-order valence-corrected chi connectivity index (χ0v) is 15.8. The predicted molar refractivity (Wildman–Crippen MR) is 114 cm³/mol. The minimum Gasteiger partial charge on any atom is -0.497 e. The minimum atomic E-state index is 0.806. The summed E-state index contributed by atoms with van der Waals surface area (Å²) in [5.41, 5.74) is 8.06. The van der Waals surface area contributed by atoms with Crippen molar-refractivity contribution in [1.82, 2.24) is 4.98 Å². The van der Waals surface area contributed by atoms with E-state index in [0.29, 0.717) is 0 Å². The van der Waals surface area contributed by atoms with E-state index in [1.54, 1.807) is 14.2 Å². The lowest BCUT2D eigenvalue weighted by atomic mass is 10.1. The summed E-state index contributed by atoms with van der Waals surface area (Å²) in [6.07, 6.45) is 1.85. The number of aromatic amines is 1. The van der Waals surface area contributed by atoms with Gasteiger partial charge in [0.2, 0.25) is 0 Å². The molecule has 0 radical (unpaired) electrons. The molecule has 28 heavy (non-hydrogen) atoms. The molecule has 140 valence electrons. The molecule has 3 aromatic carbocycles. The number of ether oxygens (including phenoxy) is 2. The van der Waals surface area contributed by atoms with Crippen LogP contribution in [0.2, 0.25) is 0 Å². The van der Waals surface area contributed by atoms with Crippen molar-refractivity contribution in [3.63, 3.8) is 0 Å². The number of methoxy groups -OCH3 is 2. The van der Waals surface area contributed by atoms with Crippen LogP contribution >= 0.6 is 0 Å². The van der Waals surface area contributed by atoms with Crippen molar-refractivity contribution in [3.8, 4) is 22.8 Å². The highest BCUT2D eigenvalue weighted by molar-refractivity contribution is 6.06. The third-order valence-corrected chi connectivity index (χ3v) is 4.59. The van der Waals surface area contributed by atoms with Crippen molar-refractivity contribution in [2.45, 2.75) is 0 Å². The molecule has 0 spiro atoms. The molecule has 0 saturated heterocycles. The number of rotatable bonds is 6. The smallest absolute Gasteiger partial charge is 0.120 e. The number of fused-ring (bicyclic) bond motifs is 1. The fourth-order valence-electron chi connectivity index (χ4n) is 3.13. The molecule has 5 heteroatoms. The normalized spacial score (nSPS) is 11.1. The van der Waals surface area contributed by atoms with Crippen LogP contribution in [0.3, 0.4) is 0 Å². The van der Waals surface area contributed by atoms with Gasteiger partial charge in [0.15, 0.2) is 0 Å². The second-order valence-electron chi connectivity index (χ2n) is 6.29. The fourth-order valence-corrected chi connectivity index (χ4v) is 3.13. The summed E-state index contributed by atoms with van der Waals surface area (Å²) in [6.45, 7) is 0. The van der Waals surface area contributed by atoms with Crippen molar-refractivity contribution in [3.05, 3.63) is 78.4 Å². The Bertz CT molecular complexity index is 1100. The molecular weight excluding hydrogens is 350 g/mol. The standard InChI is InChI=1S/C23H21N3O2/c1-27-18-10-8-16(9-11-18)23-21(15-24-26-17-6-4-3-5-7-17)20-13-12-19(28-2)14-22(20)25-23/h3-15,25-26H,1-2H3. The Morgan fingerprint density at radius 1 is 0.857 bits per heavy atom. The van der Waals surface area contributed by atoms with Crippen LogP contribution in [0.25, 0.3) is 22.2 Å². The molecular formula is C23H21N3O2. The summed E-state index contributed by atoms with van der Waals surface area (Å²) < 4.78 is 10.6. The van der Waals surface area contributed by atoms with E-state index in [-0.39, 0.29) is 0 Å². The average Bonchev–Trinajstić information content (AvgIpc) is 3.12. The van der Waals surface area contributed by atoms with E-state index >= 15 is 0 Å². The molecule has 0 saturated carbocycles. The molecule has 4 rings (SSSR count). The minimum absolute atomic E-state index is 0.806. The van der Waals surface area contributed by atoms with Gasteiger partial charge in [-0.15, -0.1) is 0 Å². The van der Waals surface area contributed by atoms with Gasteiger partial charge < -0.3 is 14.5 Å². The molecule has 0 amide bonds. The molecule has 1 heterocycles. The first-order valence-corrected chi connectivity index (χ1v) is 8.97. The molecule has 0 unspecified atom stereocenters. The van der Waals surface area contributed by atoms with Crippen molar-refractivity contribution >= 4 is 22.8 Å². The predicted octanol–water partition coefficient (Wildman–Crippen LogP) is 5.30. The maximum atomic E-state index is 5.36. The highest BCUT2D eigenvalue weighted by Gasteiger charge is 2.13. The molecule has 0 aliphatic carbocycles. The van der Waals surface area contributed by atoms with Gasteiger partial charge in [-0.05, 0) is 54.1 Å². The summed E-state index contributed by atoms with van der Waals surface area (Å²) in [4.78, 5) is 3.50. The van der Waals surface area contributed by atoms with E-state index in [9.17, 15) is 0 Å². The van der Waals surface area contributed by atoms with Crippen molar-refractivity contribution in [1.29, 1.82) is 0 Å². The third-order valence-electron chi connectivity index (χ3n) is 4.59. The largest absolute Gasteiger partial charge is 0.497 e. The monoisotopic (exact) mass is 371 g/mol. The van der Waals surface area contributed by atoms with Crippen LogP contribution in [0.1, 0.15) is 5.56 Å². The van der Waals surface area contributed by atoms with E-state index < -0.39 is 0 Å². The first kappa shape index (κ1) is 17.7. The third kappa shape index (κ3) is 3.55. The number of H-pyrrole nitrogens is 1. The van der Waals surface area contributed by atoms with Crippen LogP contribution in [-0.2, 0) is 0 Å². The van der Waals surface area contributed by atoms with E-state index in [2.05, 4.69) is 15.5 Å². The number of nitrogens with zero attached hydrogens (tertiary/aromatic N) is 1. The molecule has 0 aliphatic heterocycles. The van der Waals surface area contributed by atoms with Crippen LogP contribution in [0.5, 0.6) is 11.5 Å². The van der Waals surface area contributed by atoms with Crippen LogP contribution in [0.4, 0.5) is 5.69 Å². The Morgan fingerprint density at radius 2 is 1.57 bits per heavy atom. The highest BCUT2D eigenvalue weighted by atomic mass is 16.5. The summed E-state index contributed by atoms with van der Waals surface area (Å²) in [5.74, 6) is 1.63. The molecule has 1 aromatic heterocycles. The van der Waals surface area contributed by atoms with E-state index in [1.807, 2.05) is 79.0 Å². The highest BCUT2D eigenvalue weighted by Crippen LogP contribution is 2.32. The number of hydrogen-bond donors (Lipinski definition) is 2. The summed E-state index contributed by atoms with van der Waals surface area (Å²) in [5, 5.41) is 5.52. The van der Waals surface area contributed by atoms with Gasteiger partial charge in [-0.2, -0.15) is 5.10 Å². The molecule has 2 N–H and O–H groups in total. The molecule has 0 fully saturated rings. The van der Waals surface area contributed by atoms with Gasteiger partial charge in [0.25, 0.3) is 0 Å². The number of aromatic nitrogens is 1. The average molecular weight is 371 g/mol. The van der Waals surface area contributed by atoms with Crippen LogP contribution in [0, 0.1) is 0 Å². The number of anilines is 1. The molecule has 0 atom stereocenters. The quantitative estimate of drug-likeness (QED) is 0.357. The Morgan fingerprint density at radius 3 is 2.29 bits per heavy atom. The maximum Gasteiger partial charge on any atom is 0.120 e. The molecule has 5 nitrogen and oxygen atoms in total. The second kappa shape index (κ2) is 7.88. The molecule has 0 aliphatic rings. The van der Waals surface area contributed by atoms with Crippen molar-refractivity contribution in [2.24, 2.45) is 5.10 Å². The second-order valence-corrected chi connectivity index (χ2v) is 6.29. The van der Waals surface area contributed by atoms with Gasteiger partial charge in [0, 0.05) is 17.0 Å². The van der Waals surface area contributed by atoms with E-state index in [4.69, 9.17) is 9.47 Å². The molecule has 4 aromatic rings. The Hall–Kier alpha value is -3.73. The van der Waals surface area contributed by atoms with Gasteiger partial charge in [-0.1, -0.05) is 18.2 Å². The SMILES string of the molecule is COc1ccc(-c2[nH]c3cc(OC)ccc3c2C=NNc2ccccc2)cc1. The van der Waals surface area contributed by atoms with Gasteiger partial charge in [-0.3, -0.25) is 5.43 Å². The Balaban J connectivity index is 1.76. The summed E-state index contributed by atoms with van der Waals surface area (Å²) in [7, 11) is 3.33. The zero-order valence-electron chi connectivity index (χ0n) is 15.8. The number of hydrogen-bond acceptors (Lipinski definition) is 4. The lowest BCUT2D eigenvalue weighted by Crippen LogP contribution is -1.92. The number of hydrazone groups is 1. The number of para-hydroxylation sites is 1. The number of nitrogens with one attached hydrogen (secondary N) is 2. The van der Waals surface area contributed by atoms with Gasteiger partial charge in [-0.25, -0.2) is 0 Å². The van der Waals surface area contributed by atoms with E-state index in [1.165, 1.54) is 0 Å². The van der Waals surface area contributed by atoms with Crippen LogP contribution < -0.4 is 14.9 Å². The van der Waals surface area contributed by atoms with Crippen molar-refractivity contribution in [2.75, 3.05) is 19.6 Å². The number of benzene rings is 3. The van der Waals surface area contributed by atoms with E-state index in [0.717, 1.165) is 44.9 Å². The lowest BCUT2D eigenvalue weighted by molar-refractivity contribution is 0.415. The maximum absolute atomic E-state index is 5.36. The first-order chi connectivity index (χ1) is 13.8. The van der Waals surface area contributed by atoms with Crippen LogP contribution in [0.15, 0.2) is 77.9 Å². The summed E-state index contributed by atoms with van der Waals surface area (Å²) in [6, 6.07) is 23.8. The van der Waals surface area contributed by atoms with Gasteiger partial charge >= 0.3 is 0 Å². The summed E-state index contributed by atoms with van der Waals surface area (Å²) >= 11 is 0. The first-order valence-electron chi connectivity index (χ1n) is 8.97. The van der Waals surface area contributed by atoms with Crippen molar-refractivity contribution < 1.29 is 9.47 Å². The zero-order chi connectivity index (χ0) is 19.3. The fraction of sp³-hybridized carbons (Fsp3) is 0.0870. The lowest BCUT2D eigenvalue weighted by Gasteiger charge is -2.04. The Kier molecular flexibility index (Phi) is 4.97. The van der Waals surface area contributed by atoms with Gasteiger partial charge in [0.05, 0.1) is 37.3 Å². The van der Waals surface area contributed by atoms with Gasteiger partial charge in [0.1, 0.15) is 11.5 Å². The Labute approximate surface area is 163 Å². The topological polar surface area (TPSA) is 58.6 Å². The van der Waals surface area contributed by atoms with Crippen LogP contribution in [-0.4, -0.2) is 25.4 Å². The molecule has 0 bridgehead atoms.